The van der Waals surface area contributed by atoms with Crippen LogP contribution in [0, 0.1) is 0 Å². The molecule has 5 rings (SSSR count). The third kappa shape index (κ3) is 3.58. The molecule has 4 aromatic carbocycles. The first kappa shape index (κ1) is 18.9. The zero-order chi connectivity index (χ0) is 20.7. The maximum absolute atomic E-state index is 12.6. The van der Waals surface area contributed by atoms with E-state index in [2.05, 4.69) is 44.4 Å². The van der Waals surface area contributed by atoms with E-state index in [-0.39, 0.29) is 5.91 Å². The Morgan fingerprint density at radius 1 is 0.933 bits per heavy atom. The van der Waals surface area contributed by atoms with Crippen LogP contribution in [0.5, 0.6) is 0 Å². The molecular formula is C24H14BrClN2O2. The minimum absolute atomic E-state index is 0.293. The average Bonchev–Trinajstić information content (AvgIpc) is 3.18. The molecule has 0 fully saturated rings. The van der Waals surface area contributed by atoms with Crippen LogP contribution in [0.3, 0.4) is 0 Å². The van der Waals surface area contributed by atoms with Gasteiger partial charge in [-0.1, -0.05) is 57.9 Å². The summed E-state index contributed by atoms with van der Waals surface area (Å²) in [6.07, 6.45) is 0. The van der Waals surface area contributed by atoms with Crippen LogP contribution in [0.4, 0.5) is 5.69 Å². The third-order valence-corrected chi connectivity index (χ3v) is 5.64. The fraction of sp³-hybridized carbons (Fsp3) is 0. The predicted octanol–water partition coefficient (Wildman–Crippen LogP) is 7.32. The molecule has 0 aliphatic carbocycles. The first-order valence-corrected chi connectivity index (χ1v) is 10.4. The second-order valence-electron chi connectivity index (χ2n) is 6.84. The average molecular weight is 478 g/mol. The summed E-state index contributed by atoms with van der Waals surface area (Å²) in [5.74, 6) is 0.244. The molecule has 0 saturated carbocycles. The Balaban J connectivity index is 1.46. The molecule has 4 nitrogen and oxygen atoms in total. The summed E-state index contributed by atoms with van der Waals surface area (Å²) in [5.41, 5.74) is 3.22. The monoisotopic (exact) mass is 476 g/mol. The summed E-state index contributed by atoms with van der Waals surface area (Å²) in [5, 5.41) is 5.53. The summed E-state index contributed by atoms with van der Waals surface area (Å²) in [6, 6.07) is 24.7. The lowest BCUT2D eigenvalue weighted by Gasteiger charge is -2.07. The fourth-order valence-corrected chi connectivity index (χ4v) is 3.89. The van der Waals surface area contributed by atoms with Gasteiger partial charge in [0, 0.05) is 15.7 Å². The Kier molecular flexibility index (Phi) is 4.77. The second-order valence-corrected chi connectivity index (χ2v) is 8.16. The molecular weight excluding hydrogens is 464 g/mol. The van der Waals surface area contributed by atoms with Gasteiger partial charge in [-0.25, -0.2) is 4.98 Å². The van der Waals surface area contributed by atoms with Crippen molar-refractivity contribution in [3.63, 3.8) is 0 Å². The van der Waals surface area contributed by atoms with Crippen LogP contribution < -0.4 is 5.32 Å². The van der Waals surface area contributed by atoms with E-state index in [0.717, 1.165) is 20.8 Å². The molecule has 0 atom stereocenters. The van der Waals surface area contributed by atoms with Gasteiger partial charge in [0.25, 0.3) is 5.91 Å². The number of nitrogens with one attached hydrogen (secondary N) is 1. The summed E-state index contributed by atoms with van der Waals surface area (Å²) in [4.78, 5) is 17.2. The minimum Gasteiger partial charge on any atom is -0.436 e. The SMILES string of the molecule is O=C(Nc1ccc2oc(-c3ccc4ccccc4c3)nc2c1)c1cc(Br)ccc1Cl. The van der Waals surface area contributed by atoms with Crippen molar-refractivity contribution in [1.29, 1.82) is 0 Å². The van der Waals surface area contributed by atoms with E-state index in [0.29, 0.717) is 33.3 Å². The van der Waals surface area contributed by atoms with Crippen molar-refractivity contribution < 1.29 is 9.21 Å². The number of rotatable bonds is 3. The smallest absolute Gasteiger partial charge is 0.257 e. The number of nitrogens with zero attached hydrogens (tertiary/aromatic N) is 1. The topological polar surface area (TPSA) is 55.1 Å². The highest BCUT2D eigenvalue weighted by Crippen LogP contribution is 2.29. The number of hydrogen-bond acceptors (Lipinski definition) is 3. The van der Waals surface area contributed by atoms with E-state index >= 15 is 0 Å². The highest BCUT2D eigenvalue weighted by atomic mass is 79.9. The maximum atomic E-state index is 12.6. The van der Waals surface area contributed by atoms with Crippen LogP contribution in [0.2, 0.25) is 5.02 Å². The van der Waals surface area contributed by atoms with Gasteiger partial charge in [0.1, 0.15) is 5.52 Å². The van der Waals surface area contributed by atoms with Gasteiger partial charge in [-0.2, -0.15) is 0 Å². The minimum atomic E-state index is -0.293. The third-order valence-electron chi connectivity index (χ3n) is 4.81. The number of halogens is 2. The number of carbonyl (C=O) groups is 1. The summed E-state index contributed by atoms with van der Waals surface area (Å²) in [7, 11) is 0. The van der Waals surface area contributed by atoms with Gasteiger partial charge in [0.05, 0.1) is 10.6 Å². The van der Waals surface area contributed by atoms with Gasteiger partial charge in [0.2, 0.25) is 5.89 Å². The van der Waals surface area contributed by atoms with Gasteiger partial charge < -0.3 is 9.73 Å². The number of amides is 1. The van der Waals surface area contributed by atoms with E-state index in [4.69, 9.17) is 16.0 Å². The Morgan fingerprint density at radius 3 is 2.63 bits per heavy atom. The van der Waals surface area contributed by atoms with Gasteiger partial charge in [-0.3, -0.25) is 4.79 Å². The van der Waals surface area contributed by atoms with Crippen molar-refractivity contribution >= 4 is 61.0 Å². The van der Waals surface area contributed by atoms with E-state index in [1.54, 1.807) is 36.4 Å². The summed E-state index contributed by atoms with van der Waals surface area (Å²) < 4.78 is 6.71. The fourth-order valence-electron chi connectivity index (χ4n) is 3.32. The van der Waals surface area contributed by atoms with Gasteiger partial charge in [0.15, 0.2) is 5.58 Å². The largest absolute Gasteiger partial charge is 0.436 e. The van der Waals surface area contributed by atoms with Crippen LogP contribution in [-0.2, 0) is 0 Å². The molecule has 0 saturated heterocycles. The summed E-state index contributed by atoms with van der Waals surface area (Å²) in [6.45, 7) is 0. The number of benzene rings is 4. The number of hydrogen-bond donors (Lipinski definition) is 1. The van der Waals surface area contributed by atoms with Crippen LogP contribution in [0.25, 0.3) is 33.3 Å². The highest BCUT2D eigenvalue weighted by molar-refractivity contribution is 9.10. The van der Waals surface area contributed by atoms with Crippen LogP contribution in [0.15, 0.2) is 87.8 Å². The van der Waals surface area contributed by atoms with Crippen molar-refractivity contribution in [2.24, 2.45) is 0 Å². The molecule has 146 valence electrons. The molecule has 1 aromatic heterocycles. The number of oxazole rings is 1. The Bertz CT molecular complexity index is 1430. The van der Waals surface area contributed by atoms with E-state index in [1.807, 2.05) is 24.3 Å². The number of aromatic nitrogens is 1. The zero-order valence-electron chi connectivity index (χ0n) is 15.5. The Hall–Kier alpha value is -3.15. The molecule has 0 unspecified atom stereocenters. The maximum Gasteiger partial charge on any atom is 0.257 e. The first-order valence-electron chi connectivity index (χ1n) is 9.23. The lowest BCUT2D eigenvalue weighted by atomic mass is 10.1. The van der Waals surface area contributed by atoms with Crippen molar-refractivity contribution in [3.05, 3.63) is 93.9 Å². The summed E-state index contributed by atoms with van der Waals surface area (Å²) >= 11 is 9.52. The lowest BCUT2D eigenvalue weighted by Crippen LogP contribution is -2.12. The first-order chi connectivity index (χ1) is 14.6. The molecule has 1 amide bonds. The molecule has 1 heterocycles. The molecule has 0 aliphatic rings. The van der Waals surface area contributed by atoms with Crippen molar-refractivity contribution in [3.8, 4) is 11.5 Å². The molecule has 0 radical (unpaired) electrons. The zero-order valence-corrected chi connectivity index (χ0v) is 17.9. The van der Waals surface area contributed by atoms with Crippen molar-refractivity contribution in [1.82, 2.24) is 4.98 Å². The van der Waals surface area contributed by atoms with Gasteiger partial charge in [-0.15, -0.1) is 0 Å². The van der Waals surface area contributed by atoms with E-state index < -0.39 is 0 Å². The molecule has 0 spiro atoms. The van der Waals surface area contributed by atoms with Gasteiger partial charge >= 0.3 is 0 Å². The van der Waals surface area contributed by atoms with Crippen molar-refractivity contribution in [2.45, 2.75) is 0 Å². The van der Waals surface area contributed by atoms with Crippen molar-refractivity contribution in [2.75, 3.05) is 5.32 Å². The predicted molar refractivity (Wildman–Crippen MR) is 124 cm³/mol. The molecule has 30 heavy (non-hydrogen) atoms. The normalized spacial score (nSPS) is 11.1. The Morgan fingerprint density at radius 2 is 1.77 bits per heavy atom. The molecule has 1 N–H and O–H groups in total. The lowest BCUT2D eigenvalue weighted by molar-refractivity contribution is 0.102. The van der Waals surface area contributed by atoms with E-state index in [9.17, 15) is 4.79 Å². The van der Waals surface area contributed by atoms with Gasteiger partial charge in [-0.05, 0) is 59.3 Å². The number of carbonyl (C=O) groups excluding carboxylic acids is 1. The number of fused-ring (bicyclic) bond motifs is 2. The Labute approximate surface area is 185 Å². The van der Waals surface area contributed by atoms with E-state index in [1.165, 1.54) is 0 Å². The number of anilines is 1. The quantitative estimate of drug-likeness (QED) is 0.296. The second kappa shape index (κ2) is 7.59. The molecule has 0 bridgehead atoms. The molecule has 0 aliphatic heterocycles. The molecule has 6 heteroatoms. The van der Waals surface area contributed by atoms with Crippen LogP contribution >= 0.6 is 27.5 Å². The molecule has 5 aromatic rings. The van der Waals surface area contributed by atoms with Crippen LogP contribution in [-0.4, -0.2) is 10.9 Å². The van der Waals surface area contributed by atoms with Crippen LogP contribution in [0.1, 0.15) is 10.4 Å². The highest BCUT2D eigenvalue weighted by Gasteiger charge is 2.13. The standard InChI is InChI=1S/C24H14BrClN2O2/c25-17-7-9-20(26)19(12-17)23(29)27-18-8-10-22-21(13-18)28-24(30-22)16-6-5-14-3-1-2-4-15(14)11-16/h1-13H,(H,27,29).